The molecule has 154 valence electrons. The highest BCUT2D eigenvalue weighted by Gasteiger charge is 2.49. The first kappa shape index (κ1) is 19.7. The Morgan fingerprint density at radius 3 is 2.86 bits per heavy atom. The predicted molar refractivity (Wildman–Crippen MR) is 112 cm³/mol. The number of anilines is 1. The molecule has 3 saturated heterocycles. The number of hydrogen-bond donors (Lipinski definition) is 1. The van der Waals surface area contributed by atoms with Crippen molar-refractivity contribution in [3.05, 3.63) is 11.1 Å². The van der Waals surface area contributed by atoms with Gasteiger partial charge in [0.2, 0.25) is 5.91 Å². The van der Waals surface area contributed by atoms with E-state index < -0.39 is 0 Å². The number of likely N-dealkylation sites (tertiary alicyclic amines) is 1. The fourth-order valence-electron chi connectivity index (χ4n) is 5.47. The molecule has 0 saturated carbocycles. The van der Waals surface area contributed by atoms with Gasteiger partial charge in [0.05, 0.1) is 0 Å². The SMILES string of the molecule is CNc1nc(C(=O)N2C[C@H]3C[C@@H](C2)[C@H](CCC(C)C)N2C(=O)CCC[C@@H]32)cs1. The van der Waals surface area contributed by atoms with Gasteiger partial charge in [0.1, 0.15) is 5.69 Å². The van der Waals surface area contributed by atoms with Crippen LogP contribution in [0.25, 0.3) is 0 Å². The highest BCUT2D eigenvalue weighted by Crippen LogP contribution is 2.43. The van der Waals surface area contributed by atoms with Crippen molar-refractivity contribution in [2.24, 2.45) is 17.8 Å². The molecule has 0 aromatic carbocycles. The van der Waals surface area contributed by atoms with Crippen molar-refractivity contribution in [3.63, 3.8) is 0 Å². The quantitative estimate of drug-likeness (QED) is 0.816. The van der Waals surface area contributed by atoms with E-state index in [2.05, 4.69) is 29.0 Å². The van der Waals surface area contributed by atoms with Crippen LogP contribution in [0.5, 0.6) is 0 Å². The Kier molecular flexibility index (Phi) is 5.63. The van der Waals surface area contributed by atoms with E-state index in [0.717, 1.165) is 50.3 Å². The van der Waals surface area contributed by atoms with Crippen molar-refractivity contribution >= 4 is 28.3 Å². The molecule has 0 spiro atoms. The summed E-state index contributed by atoms with van der Waals surface area (Å²) in [6, 6.07) is 0.601. The van der Waals surface area contributed by atoms with Crippen LogP contribution in [0.15, 0.2) is 5.38 Å². The average molecular weight is 405 g/mol. The van der Waals surface area contributed by atoms with Crippen molar-refractivity contribution in [2.45, 2.75) is 64.5 Å². The topological polar surface area (TPSA) is 65.5 Å². The second kappa shape index (κ2) is 8.01. The standard InChI is InChI=1S/C21H32N4O2S/c1-13(2)7-8-18-15-9-14(17-5-4-6-19(26)25(17)18)10-24(11-15)20(27)16-12-28-21(22-3)23-16/h12-15,17-18H,4-11H2,1-3H3,(H,22,23)/t14-,15+,17+,18+/m1/s1. The van der Waals surface area contributed by atoms with Crippen molar-refractivity contribution in [3.8, 4) is 0 Å². The minimum Gasteiger partial charge on any atom is -0.365 e. The Morgan fingerprint density at radius 2 is 2.14 bits per heavy atom. The Balaban J connectivity index is 1.56. The van der Waals surface area contributed by atoms with E-state index in [0.29, 0.717) is 41.8 Å². The van der Waals surface area contributed by atoms with Gasteiger partial charge in [-0.1, -0.05) is 13.8 Å². The number of rotatable bonds is 5. The molecule has 1 N–H and O–H groups in total. The third-order valence-electron chi connectivity index (χ3n) is 6.76. The maximum Gasteiger partial charge on any atom is 0.273 e. The summed E-state index contributed by atoms with van der Waals surface area (Å²) in [4.78, 5) is 34.6. The molecule has 0 unspecified atom stereocenters. The third-order valence-corrected chi connectivity index (χ3v) is 7.62. The number of nitrogens with one attached hydrogen (secondary N) is 1. The molecule has 4 rings (SSSR count). The van der Waals surface area contributed by atoms with Gasteiger partial charge >= 0.3 is 0 Å². The molecule has 0 aliphatic carbocycles. The van der Waals surface area contributed by atoms with Crippen LogP contribution in [0.3, 0.4) is 0 Å². The van der Waals surface area contributed by atoms with Gasteiger partial charge in [-0.15, -0.1) is 11.3 Å². The summed E-state index contributed by atoms with van der Waals surface area (Å²) >= 11 is 1.47. The van der Waals surface area contributed by atoms with E-state index in [4.69, 9.17) is 0 Å². The number of amides is 2. The smallest absolute Gasteiger partial charge is 0.273 e. The van der Waals surface area contributed by atoms with Gasteiger partial charge in [-0.2, -0.15) is 0 Å². The summed E-state index contributed by atoms with van der Waals surface area (Å²) in [5, 5.41) is 5.64. The largest absolute Gasteiger partial charge is 0.365 e. The monoisotopic (exact) mass is 404 g/mol. The summed E-state index contributed by atoms with van der Waals surface area (Å²) in [7, 11) is 1.83. The number of hydrogen-bond acceptors (Lipinski definition) is 5. The molecule has 3 fully saturated rings. The number of thiazole rings is 1. The normalized spacial score (nSPS) is 29.8. The van der Waals surface area contributed by atoms with Crippen molar-refractivity contribution in [1.29, 1.82) is 0 Å². The maximum absolute atomic E-state index is 13.1. The zero-order chi connectivity index (χ0) is 19.8. The molecule has 2 amide bonds. The molecule has 6 nitrogen and oxygen atoms in total. The highest BCUT2D eigenvalue weighted by atomic mass is 32.1. The number of carbonyl (C=O) groups is 2. The van der Waals surface area contributed by atoms with Crippen molar-refractivity contribution < 1.29 is 9.59 Å². The Hall–Kier alpha value is -1.63. The lowest BCUT2D eigenvalue weighted by Gasteiger charge is -2.56. The van der Waals surface area contributed by atoms with E-state index in [-0.39, 0.29) is 11.9 Å². The first-order valence-electron chi connectivity index (χ1n) is 10.7. The van der Waals surface area contributed by atoms with Gasteiger partial charge in [-0.3, -0.25) is 9.59 Å². The van der Waals surface area contributed by atoms with Crippen molar-refractivity contribution in [2.75, 3.05) is 25.5 Å². The lowest BCUT2D eigenvalue weighted by Crippen LogP contribution is -2.65. The first-order valence-corrected chi connectivity index (χ1v) is 11.6. The van der Waals surface area contributed by atoms with Crippen LogP contribution in [0, 0.1) is 17.8 Å². The molecular weight excluding hydrogens is 372 g/mol. The van der Waals surface area contributed by atoms with Crippen molar-refractivity contribution in [1.82, 2.24) is 14.8 Å². The van der Waals surface area contributed by atoms with E-state index in [9.17, 15) is 9.59 Å². The average Bonchev–Trinajstić information content (AvgIpc) is 3.16. The molecule has 0 radical (unpaired) electrons. The fourth-order valence-corrected chi connectivity index (χ4v) is 6.11. The first-order chi connectivity index (χ1) is 13.5. The summed E-state index contributed by atoms with van der Waals surface area (Å²) in [6.45, 7) is 6.01. The van der Waals surface area contributed by atoms with E-state index in [1.54, 1.807) is 0 Å². The molecule has 4 heterocycles. The Bertz CT molecular complexity index is 734. The molecule has 3 aliphatic rings. The number of nitrogens with zero attached hydrogens (tertiary/aromatic N) is 3. The molecule has 1 aromatic heterocycles. The van der Waals surface area contributed by atoms with Crippen LogP contribution in [0.1, 0.15) is 62.9 Å². The molecule has 2 bridgehead atoms. The van der Waals surface area contributed by atoms with Crippen LogP contribution in [0.4, 0.5) is 5.13 Å². The van der Waals surface area contributed by atoms with Gasteiger partial charge in [0, 0.05) is 44.0 Å². The molecular formula is C21H32N4O2S. The molecule has 1 aromatic rings. The number of carbonyl (C=O) groups excluding carboxylic acids is 2. The zero-order valence-electron chi connectivity index (χ0n) is 17.2. The minimum absolute atomic E-state index is 0.0469. The van der Waals surface area contributed by atoms with Crippen LogP contribution < -0.4 is 5.32 Å². The van der Waals surface area contributed by atoms with Gasteiger partial charge in [0.15, 0.2) is 5.13 Å². The van der Waals surface area contributed by atoms with Gasteiger partial charge < -0.3 is 15.1 Å². The molecule has 3 aliphatic heterocycles. The summed E-state index contributed by atoms with van der Waals surface area (Å²) in [6.07, 6.45) is 6.11. The summed E-state index contributed by atoms with van der Waals surface area (Å²) < 4.78 is 0. The van der Waals surface area contributed by atoms with Crippen LogP contribution >= 0.6 is 11.3 Å². The summed E-state index contributed by atoms with van der Waals surface area (Å²) in [5.74, 6) is 1.82. The fraction of sp³-hybridized carbons (Fsp3) is 0.762. The zero-order valence-corrected chi connectivity index (χ0v) is 18.0. The summed E-state index contributed by atoms with van der Waals surface area (Å²) in [5.41, 5.74) is 0.546. The molecule has 28 heavy (non-hydrogen) atoms. The second-order valence-electron chi connectivity index (χ2n) is 9.05. The van der Waals surface area contributed by atoms with E-state index in [1.807, 2.05) is 17.3 Å². The number of piperidine rings is 3. The third kappa shape index (κ3) is 3.65. The van der Waals surface area contributed by atoms with Gasteiger partial charge in [-0.25, -0.2) is 4.98 Å². The number of fused-ring (bicyclic) bond motifs is 4. The lowest BCUT2D eigenvalue weighted by molar-refractivity contribution is -0.152. The predicted octanol–water partition coefficient (Wildman–Crippen LogP) is 3.46. The Morgan fingerprint density at radius 1 is 1.36 bits per heavy atom. The highest BCUT2D eigenvalue weighted by molar-refractivity contribution is 7.13. The van der Waals surface area contributed by atoms with Crippen LogP contribution in [-0.4, -0.2) is 58.8 Å². The lowest BCUT2D eigenvalue weighted by atomic mass is 9.70. The van der Waals surface area contributed by atoms with E-state index in [1.165, 1.54) is 11.3 Å². The van der Waals surface area contributed by atoms with Gasteiger partial charge in [0.25, 0.3) is 5.91 Å². The minimum atomic E-state index is 0.0469. The molecule has 4 atom stereocenters. The van der Waals surface area contributed by atoms with Gasteiger partial charge in [-0.05, 0) is 49.9 Å². The number of aromatic nitrogens is 1. The van der Waals surface area contributed by atoms with Crippen LogP contribution in [0.2, 0.25) is 0 Å². The molecule has 7 heteroatoms. The Labute approximate surface area is 171 Å². The van der Waals surface area contributed by atoms with E-state index >= 15 is 0 Å². The maximum atomic E-state index is 13.1. The second-order valence-corrected chi connectivity index (χ2v) is 9.91. The van der Waals surface area contributed by atoms with Crippen LogP contribution in [-0.2, 0) is 4.79 Å².